The van der Waals surface area contributed by atoms with Crippen LogP contribution in [0, 0.1) is 6.92 Å². The number of rotatable bonds is 8. The molecule has 0 aliphatic carbocycles. The van der Waals surface area contributed by atoms with Gasteiger partial charge in [-0.05, 0) is 37.7 Å². The Labute approximate surface area is 182 Å². The molecular formula is C21H37IN4O. The minimum atomic E-state index is 0. The van der Waals surface area contributed by atoms with E-state index in [2.05, 4.69) is 58.6 Å². The van der Waals surface area contributed by atoms with Crippen molar-refractivity contribution in [3.8, 4) is 0 Å². The maximum Gasteiger partial charge on any atom is 0.191 e. The molecule has 1 saturated heterocycles. The summed E-state index contributed by atoms with van der Waals surface area (Å²) in [7, 11) is 3.63. The fourth-order valence-corrected chi connectivity index (χ4v) is 3.47. The SMILES string of the molecule is CN=C(NCC(C)c1cccc(C)c1)NC1CCN(CCCOC)CC1.I. The molecule has 6 heteroatoms. The van der Waals surface area contributed by atoms with E-state index in [9.17, 15) is 0 Å². The summed E-state index contributed by atoms with van der Waals surface area (Å²) in [6.45, 7) is 9.59. The highest BCUT2D eigenvalue weighted by atomic mass is 127. The number of piperidine rings is 1. The molecule has 1 fully saturated rings. The lowest BCUT2D eigenvalue weighted by molar-refractivity contribution is 0.155. The Hall–Kier alpha value is -0.860. The average Bonchev–Trinajstić information content (AvgIpc) is 2.66. The second kappa shape index (κ2) is 13.3. The van der Waals surface area contributed by atoms with E-state index in [1.54, 1.807) is 7.11 Å². The minimum absolute atomic E-state index is 0. The molecule has 0 spiro atoms. The Bertz CT molecular complexity index is 559. The monoisotopic (exact) mass is 488 g/mol. The third kappa shape index (κ3) is 8.79. The number of halogens is 1. The van der Waals surface area contributed by atoms with Gasteiger partial charge in [0.25, 0.3) is 0 Å². The number of aryl methyl sites for hydroxylation is 1. The molecule has 1 aliphatic heterocycles. The van der Waals surface area contributed by atoms with Crippen LogP contribution in [0.3, 0.4) is 0 Å². The van der Waals surface area contributed by atoms with E-state index < -0.39 is 0 Å². The van der Waals surface area contributed by atoms with E-state index >= 15 is 0 Å². The van der Waals surface area contributed by atoms with E-state index in [1.807, 2.05) is 7.05 Å². The van der Waals surface area contributed by atoms with Crippen molar-refractivity contribution in [2.24, 2.45) is 4.99 Å². The first-order valence-electron chi connectivity index (χ1n) is 9.87. The minimum Gasteiger partial charge on any atom is -0.385 e. The quantitative estimate of drug-likeness (QED) is 0.255. The molecule has 0 bridgehead atoms. The van der Waals surface area contributed by atoms with Crippen LogP contribution in [0.15, 0.2) is 29.3 Å². The van der Waals surface area contributed by atoms with E-state index in [4.69, 9.17) is 4.74 Å². The van der Waals surface area contributed by atoms with Gasteiger partial charge >= 0.3 is 0 Å². The topological polar surface area (TPSA) is 48.9 Å². The van der Waals surface area contributed by atoms with Crippen LogP contribution in [0.4, 0.5) is 0 Å². The number of benzene rings is 1. The number of nitrogens with one attached hydrogen (secondary N) is 2. The van der Waals surface area contributed by atoms with Crippen LogP contribution >= 0.6 is 24.0 Å². The van der Waals surface area contributed by atoms with Crippen LogP contribution in [0.25, 0.3) is 0 Å². The van der Waals surface area contributed by atoms with Gasteiger partial charge in [0.05, 0.1) is 0 Å². The summed E-state index contributed by atoms with van der Waals surface area (Å²) in [6, 6.07) is 9.26. The summed E-state index contributed by atoms with van der Waals surface area (Å²) < 4.78 is 5.14. The highest BCUT2D eigenvalue weighted by Crippen LogP contribution is 2.15. The van der Waals surface area contributed by atoms with Crippen LogP contribution in [0.2, 0.25) is 0 Å². The third-order valence-electron chi connectivity index (χ3n) is 5.16. The zero-order valence-corrected chi connectivity index (χ0v) is 19.7. The first-order chi connectivity index (χ1) is 12.6. The smallest absolute Gasteiger partial charge is 0.191 e. The van der Waals surface area contributed by atoms with Gasteiger partial charge in [0.1, 0.15) is 0 Å². The zero-order valence-electron chi connectivity index (χ0n) is 17.3. The van der Waals surface area contributed by atoms with Gasteiger partial charge in [0, 0.05) is 53.0 Å². The molecule has 0 aromatic heterocycles. The Morgan fingerprint density at radius 3 is 2.70 bits per heavy atom. The molecule has 1 atom stereocenters. The Kier molecular flexibility index (Phi) is 11.9. The fourth-order valence-electron chi connectivity index (χ4n) is 3.47. The van der Waals surface area contributed by atoms with Crippen molar-refractivity contribution in [3.63, 3.8) is 0 Å². The molecule has 0 radical (unpaired) electrons. The van der Waals surface area contributed by atoms with Gasteiger partial charge < -0.3 is 20.3 Å². The van der Waals surface area contributed by atoms with Crippen molar-refractivity contribution >= 4 is 29.9 Å². The van der Waals surface area contributed by atoms with Crippen molar-refractivity contribution in [1.29, 1.82) is 0 Å². The molecule has 1 heterocycles. The lowest BCUT2D eigenvalue weighted by atomic mass is 9.99. The van der Waals surface area contributed by atoms with E-state index in [0.717, 1.165) is 45.2 Å². The van der Waals surface area contributed by atoms with Gasteiger partial charge in [-0.25, -0.2) is 0 Å². The first-order valence-corrected chi connectivity index (χ1v) is 9.87. The molecule has 1 unspecified atom stereocenters. The maximum atomic E-state index is 5.14. The molecular weight excluding hydrogens is 451 g/mol. The molecule has 2 N–H and O–H groups in total. The van der Waals surface area contributed by atoms with Crippen LogP contribution in [0.5, 0.6) is 0 Å². The van der Waals surface area contributed by atoms with Crippen molar-refractivity contribution in [2.75, 3.05) is 46.9 Å². The van der Waals surface area contributed by atoms with Gasteiger partial charge in [-0.2, -0.15) is 0 Å². The predicted octanol–water partition coefficient (Wildman–Crippen LogP) is 3.38. The van der Waals surface area contributed by atoms with Gasteiger partial charge in [-0.3, -0.25) is 4.99 Å². The highest BCUT2D eigenvalue weighted by Gasteiger charge is 2.19. The van der Waals surface area contributed by atoms with Crippen LogP contribution in [-0.4, -0.2) is 63.8 Å². The summed E-state index contributed by atoms with van der Waals surface area (Å²) in [4.78, 5) is 6.94. The molecule has 1 aliphatic rings. The number of nitrogens with zero attached hydrogens (tertiary/aromatic N) is 2. The van der Waals surface area contributed by atoms with Gasteiger partial charge in [-0.1, -0.05) is 36.8 Å². The number of hydrogen-bond acceptors (Lipinski definition) is 3. The van der Waals surface area contributed by atoms with Crippen molar-refractivity contribution in [3.05, 3.63) is 35.4 Å². The second-order valence-corrected chi connectivity index (χ2v) is 7.37. The van der Waals surface area contributed by atoms with Crippen molar-refractivity contribution < 1.29 is 4.74 Å². The number of ether oxygens (including phenoxy) is 1. The molecule has 5 nitrogen and oxygen atoms in total. The van der Waals surface area contributed by atoms with Gasteiger partial charge in [-0.15, -0.1) is 24.0 Å². The Balaban J connectivity index is 0.00000364. The number of methoxy groups -OCH3 is 1. The van der Waals surface area contributed by atoms with E-state index in [1.165, 1.54) is 24.0 Å². The van der Waals surface area contributed by atoms with E-state index in [0.29, 0.717) is 12.0 Å². The van der Waals surface area contributed by atoms with Crippen molar-refractivity contribution in [2.45, 2.75) is 45.1 Å². The molecule has 1 aromatic carbocycles. The second-order valence-electron chi connectivity index (χ2n) is 7.37. The highest BCUT2D eigenvalue weighted by molar-refractivity contribution is 14.0. The number of likely N-dealkylation sites (tertiary alicyclic amines) is 1. The summed E-state index contributed by atoms with van der Waals surface area (Å²) in [6.07, 6.45) is 3.46. The molecule has 0 saturated carbocycles. The van der Waals surface area contributed by atoms with Gasteiger partial charge in [0.15, 0.2) is 5.96 Å². The summed E-state index contributed by atoms with van der Waals surface area (Å²) >= 11 is 0. The Morgan fingerprint density at radius 2 is 2.07 bits per heavy atom. The summed E-state index contributed by atoms with van der Waals surface area (Å²) in [5, 5.41) is 7.10. The molecule has 2 rings (SSSR count). The predicted molar refractivity (Wildman–Crippen MR) is 125 cm³/mol. The molecule has 27 heavy (non-hydrogen) atoms. The maximum absolute atomic E-state index is 5.14. The van der Waals surface area contributed by atoms with Crippen LogP contribution in [-0.2, 0) is 4.74 Å². The lowest BCUT2D eigenvalue weighted by Crippen LogP contribution is -2.49. The fraction of sp³-hybridized carbons (Fsp3) is 0.667. The standard InChI is InChI=1S/C21H36N4O.HI/c1-17-7-5-8-19(15-17)18(2)16-23-21(22-3)24-20-9-12-25(13-10-20)11-6-14-26-4;/h5,7-8,15,18,20H,6,9-14,16H2,1-4H3,(H2,22,23,24);1H. The van der Waals surface area contributed by atoms with Crippen LogP contribution < -0.4 is 10.6 Å². The summed E-state index contributed by atoms with van der Waals surface area (Å²) in [5.41, 5.74) is 2.69. The normalized spacial score (nSPS) is 17.3. The first kappa shape index (κ1) is 24.2. The molecule has 0 amide bonds. The third-order valence-corrected chi connectivity index (χ3v) is 5.16. The van der Waals surface area contributed by atoms with Gasteiger partial charge in [0.2, 0.25) is 0 Å². The zero-order chi connectivity index (χ0) is 18.8. The molecule has 154 valence electrons. The summed E-state index contributed by atoms with van der Waals surface area (Å²) in [5.74, 6) is 1.37. The van der Waals surface area contributed by atoms with Crippen molar-refractivity contribution in [1.82, 2.24) is 15.5 Å². The largest absolute Gasteiger partial charge is 0.385 e. The van der Waals surface area contributed by atoms with Crippen LogP contribution in [0.1, 0.15) is 43.2 Å². The number of guanidine groups is 1. The number of hydrogen-bond donors (Lipinski definition) is 2. The Morgan fingerprint density at radius 1 is 1.33 bits per heavy atom. The average molecular weight is 488 g/mol. The number of aliphatic imine (C=N–C) groups is 1. The molecule has 1 aromatic rings. The van der Waals surface area contributed by atoms with E-state index in [-0.39, 0.29) is 24.0 Å². The lowest BCUT2D eigenvalue weighted by Gasteiger charge is -2.33.